The molecule has 23 heavy (non-hydrogen) atoms. The Kier molecular flexibility index (Phi) is 5.80. The highest BCUT2D eigenvalue weighted by molar-refractivity contribution is 5.92. The summed E-state index contributed by atoms with van der Waals surface area (Å²) in [7, 11) is 0. The van der Waals surface area contributed by atoms with Crippen LogP contribution in [0, 0.1) is 13.8 Å². The summed E-state index contributed by atoms with van der Waals surface area (Å²) in [6.07, 6.45) is 1.03. The lowest BCUT2D eigenvalue weighted by atomic mass is 9.97. The Bertz CT molecular complexity index is 659. The number of para-hydroxylation sites is 1. The van der Waals surface area contributed by atoms with Gasteiger partial charge in [0.15, 0.2) is 6.61 Å². The lowest BCUT2D eigenvalue weighted by molar-refractivity contribution is -0.118. The van der Waals surface area contributed by atoms with Crippen LogP contribution in [0.2, 0.25) is 0 Å². The number of aryl methyl sites for hydroxylation is 2. The second-order valence-corrected chi connectivity index (χ2v) is 6.06. The molecule has 0 aliphatic rings. The van der Waals surface area contributed by atoms with Gasteiger partial charge in [0.2, 0.25) is 0 Å². The number of benzene rings is 2. The molecule has 122 valence electrons. The Morgan fingerprint density at radius 1 is 1.13 bits per heavy atom. The van der Waals surface area contributed by atoms with E-state index in [4.69, 9.17) is 4.74 Å². The number of anilines is 1. The number of nitrogens with one attached hydrogen (secondary N) is 1. The first-order valence-corrected chi connectivity index (χ1v) is 8.09. The second-order valence-electron chi connectivity index (χ2n) is 6.06. The number of ether oxygens (including phenoxy) is 1. The topological polar surface area (TPSA) is 38.3 Å². The largest absolute Gasteiger partial charge is 0.484 e. The van der Waals surface area contributed by atoms with Crippen LogP contribution in [0.4, 0.5) is 5.69 Å². The van der Waals surface area contributed by atoms with Gasteiger partial charge in [0.25, 0.3) is 5.91 Å². The van der Waals surface area contributed by atoms with Crippen LogP contribution in [0.1, 0.15) is 42.9 Å². The van der Waals surface area contributed by atoms with Crippen molar-refractivity contribution in [3.8, 4) is 5.75 Å². The van der Waals surface area contributed by atoms with Crippen molar-refractivity contribution in [3.63, 3.8) is 0 Å². The van der Waals surface area contributed by atoms with Gasteiger partial charge in [-0.05, 0) is 61.1 Å². The minimum atomic E-state index is -0.139. The minimum absolute atomic E-state index is 0.0116. The summed E-state index contributed by atoms with van der Waals surface area (Å²) in [5, 5.41) is 2.96. The monoisotopic (exact) mass is 311 g/mol. The van der Waals surface area contributed by atoms with Gasteiger partial charge >= 0.3 is 0 Å². The molecule has 2 aromatic rings. The highest BCUT2D eigenvalue weighted by Gasteiger charge is 2.11. The summed E-state index contributed by atoms with van der Waals surface area (Å²) in [6, 6.07) is 13.9. The first-order chi connectivity index (χ1) is 11.0. The van der Waals surface area contributed by atoms with E-state index < -0.39 is 0 Å². The molecule has 1 atom stereocenters. The first kappa shape index (κ1) is 17.1. The van der Waals surface area contributed by atoms with Gasteiger partial charge in [-0.1, -0.05) is 38.1 Å². The maximum absolute atomic E-state index is 12.2. The average molecular weight is 311 g/mol. The number of carbonyl (C=O) groups excluding carboxylic acids is 1. The Balaban J connectivity index is 2.00. The van der Waals surface area contributed by atoms with E-state index in [0.29, 0.717) is 5.92 Å². The summed E-state index contributed by atoms with van der Waals surface area (Å²) in [5.74, 6) is 1.000. The summed E-state index contributed by atoms with van der Waals surface area (Å²) in [6.45, 7) is 8.35. The maximum atomic E-state index is 12.2. The minimum Gasteiger partial charge on any atom is -0.484 e. The normalized spacial score (nSPS) is 11.8. The molecular weight excluding hydrogens is 286 g/mol. The van der Waals surface area contributed by atoms with Gasteiger partial charge in [-0.15, -0.1) is 0 Å². The number of hydrogen-bond donors (Lipinski definition) is 1. The van der Waals surface area contributed by atoms with Gasteiger partial charge in [0.05, 0.1) is 0 Å². The zero-order valence-corrected chi connectivity index (χ0v) is 14.3. The van der Waals surface area contributed by atoms with Crippen LogP contribution in [0.25, 0.3) is 0 Å². The van der Waals surface area contributed by atoms with E-state index in [1.165, 1.54) is 0 Å². The molecule has 2 rings (SSSR count). The van der Waals surface area contributed by atoms with Gasteiger partial charge in [-0.3, -0.25) is 4.79 Å². The molecular formula is C20H25NO2. The van der Waals surface area contributed by atoms with E-state index in [2.05, 4.69) is 31.3 Å². The van der Waals surface area contributed by atoms with Crippen molar-refractivity contribution in [2.45, 2.75) is 40.0 Å². The second kappa shape index (κ2) is 7.82. The van der Waals surface area contributed by atoms with E-state index in [0.717, 1.165) is 34.5 Å². The SMILES string of the molecule is CC[C@H](C)c1ccccc1NC(=O)COc1cc(C)cc(C)c1. The van der Waals surface area contributed by atoms with Gasteiger partial charge in [0, 0.05) is 5.69 Å². The average Bonchev–Trinajstić information content (AvgIpc) is 2.52. The van der Waals surface area contributed by atoms with Crippen LogP contribution in [-0.2, 0) is 4.79 Å². The van der Waals surface area contributed by atoms with Crippen molar-refractivity contribution in [3.05, 3.63) is 59.2 Å². The number of rotatable bonds is 6. The molecule has 3 heteroatoms. The van der Waals surface area contributed by atoms with Crippen molar-refractivity contribution in [1.82, 2.24) is 0 Å². The van der Waals surface area contributed by atoms with Crippen molar-refractivity contribution in [2.75, 3.05) is 11.9 Å². The van der Waals surface area contributed by atoms with Crippen molar-refractivity contribution < 1.29 is 9.53 Å². The third-order valence-corrected chi connectivity index (χ3v) is 3.94. The molecule has 0 spiro atoms. The third kappa shape index (κ3) is 4.85. The smallest absolute Gasteiger partial charge is 0.262 e. The van der Waals surface area contributed by atoms with Crippen molar-refractivity contribution in [2.24, 2.45) is 0 Å². The molecule has 0 saturated heterocycles. The molecule has 0 bridgehead atoms. The summed E-state index contributed by atoms with van der Waals surface area (Å²) >= 11 is 0. The Morgan fingerprint density at radius 2 is 1.78 bits per heavy atom. The quantitative estimate of drug-likeness (QED) is 0.829. The molecule has 0 aliphatic heterocycles. The highest BCUT2D eigenvalue weighted by atomic mass is 16.5. The number of hydrogen-bond acceptors (Lipinski definition) is 2. The first-order valence-electron chi connectivity index (χ1n) is 8.09. The third-order valence-electron chi connectivity index (χ3n) is 3.94. The van der Waals surface area contributed by atoms with E-state index in [1.807, 2.05) is 44.2 Å². The van der Waals surface area contributed by atoms with Crippen LogP contribution < -0.4 is 10.1 Å². The van der Waals surface area contributed by atoms with E-state index in [-0.39, 0.29) is 12.5 Å². The predicted molar refractivity (Wildman–Crippen MR) is 95.2 cm³/mol. The van der Waals surface area contributed by atoms with Gasteiger partial charge in [-0.2, -0.15) is 0 Å². The van der Waals surface area contributed by atoms with E-state index >= 15 is 0 Å². The van der Waals surface area contributed by atoms with Gasteiger partial charge in [-0.25, -0.2) is 0 Å². The molecule has 0 unspecified atom stereocenters. The predicted octanol–water partition coefficient (Wildman–Crippen LogP) is 4.83. The Hall–Kier alpha value is -2.29. The lowest BCUT2D eigenvalue weighted by Gasteiger charge is -2.16. The molecule has 0 saturated carbocycles. The number of carbonyl (C=O) groups is 1. The molecule has 0 aliphatic carbocycles. The highest BCUT2D eigenvalue weighted by Crippen LogP contribution is 2.26. The van der Waals surface area contributed by atoms with Crippen LogP contribution in [0.15, 0.2) is 42.5 Å². The summed E-state index contributed by atoms with van der Waals surface area (Å²) in [4.78, 5) is 12.2. The lowest BCUT2D eigenvalue weighted by Crippen LogP contribution is -2.21. The Morgan fingerprint density at radius 3 is 2.43 bits per heavy atom. The molecule has 0 fully saturated rings. The van der Waals surface area contributed by atoms with Crippen LogP contribution in [-0.4, -0.2) is 12.5 Å². The van der Waals surface area contributed by atoms with Gasteiger partial charge < -0.3 is 10.1 Å². The fourth-order valence-corrected chi connectivity index (χ4v) is 2.61. The van der Waals surface area contributed by atoms with E-state index in [1.54, 1.807) is 0 Å². The fourth-order valence-electron chi connectivity index (χ4n) is 2.61. The molecule has 3 nitrogen and oxygen atoms in total. The van der Waals surface area contributed by atoms with E-state index in [9.17, 15) is 4.79 Å². The molecule has 0 heterocycles. The van der Waals surface area contributed by atoms with Gasteiger partial charge in [0.1, 0.15) is 5.75 Å². The molecule has 0 aromatic heterocycles. The molecule has 2 aromatic carbocycles. The standard InChI is InChI=1S/C20H25NO2/c1-5-16(4)18-8-6-7-9-19(18)21-20(22)13-23-17-11-14(2)10-15(3)12-17/h6-12,16H,5,13H2,1-4H3,(H,21,22)/t16-/m0/s1. The molecule has 1 amide bonds. The maximum Gasteiger partial charge on any atom is 0.262 e. The summed E-state index contributed by atoms with van der Waals surface area (Å²) in [5.41, 5.74) is 4.29. The fraction of sp³-hybridized carbons (Fsp3) is 0.350. The molecule has 1 N–H and O–H groups in total. The van der Waals surface area contributed by atoms with Crippen LogP contribution in [0.3, 0.4) is 0 Å². The van der Waals surface area contributed by atoms with Crippen LogP contribution in [0.5, 0.6) is 5.75 Å². The zero-order chi connectivity index (χ0) is 16.8. The van der Waals surface area contributed by atoms with Crippen molar-refractivity contribution in [1.29, 1.82) is 0 Å². The van der Waals surface area contributed by atoms with Crippen LogP contribution >= 0.6 is 0 Å². The van der Waals surface area contributed by atoms with Crippen molar-refractivity contribution >= 4 is 11.6 Å². The molecule has 0 radical (unpaired) electrons. The number of amides is 1. The Labute approximate surface area is 138 Å². The zero-order valence-electron chi connectivity index (χ0n) is 14.3. The summed E-state index contributed by atoms with van der Waals surface area (Å²) < 4.78 is 5.62.